The Kier molecular flexibility index (Phi) is 8.69. The molecular weight excluding hydrogens is 661 g/mol. The highest BCUT2D eigenvalue weighted by molar-refractivity contribution is 7.90. The van der Waals surface area contributed by atoms with Gasteiger partial charge in [0.25, 0.3) is 5.91 Å². The van der Waals surface area contributed by atoms with Crippen molar-refractivity contribution in [2.45, 2.75) is 88.5 Å². The molecule has 3 unspecified atom stereocenters. The summed E-state index contributed by atoms with van der Waals surface area (Å²) < 4.78 is 35.9. The van der Waals surface area contributed by atoms with Crippen molar-refractivity contribution in [3.05, 3.63) is 77.4 Å². The fourth-order valence-electron chi connectivity index (χ4n) is 9.47. The molecule has 3 aliphatic carbocycles. The zero-order valence-corrected chi connectivity index (χ0v) is 31.0. The van der Waals surface area contributed by atoms with Gasteiger partial charge in [0.05, 0.1) is 29.5 Å². The predicted molar refractivity (Wildman–Crippen MR) is 200 cm³/mol. The summed E-state index contributed by atoms with van der Waals surface area (Å²) in [6.45, 7) is 5.98. The van der Waals surface area contributed by atoms with Crippen LogP contribution in [-0.2, 0) is 21.4 Å². The van der Waals surface area contributed by atoms with Gasteiger partial charge in [0.1, 0.15) is 5.75 Å². The van der Waals surface area contributed by atoms with Crippen LogP contribution in [-0.4, -0.2) is 79.7 Å². The van der Waals surface area contributed by atoms with Crippen molar-refractivity contribution >= 4 is 32.7 Å². The summed E-state index contributed by atoms with van der Waals surface area (Å²) in [6.07, 6.45) is 16.1. The summed E-state index contributed by atoms with van der Waals surface area (Å²) in [6, 6.07) is 12.1. The van der Waals surface area contributed by atoms with E-state index >= 15 is 4.79 Å². The van der Waals surface area contributed by atoms with E-state index in [0.29, 0.717) is 24.6 Å². The molecule has 2 aromatic carbocycles. The van der Waals surface area contributed by atoms with Crippen molar-refractivity contribution < 1.29 is 22.7 Å². The van der Waals surface area contributed by atoms with Gasteiger partial charge in [-0.2, -0.15) is 0 Å². The topological polar surface area (TPSA) is 101 Å². The number of carbonyl (C=O) groups is 2. The van der Waals surface area contributed by atoms with Gasteiger partial charge in [-0.05, 0) is 94.0 Å². The first-order valence-electron chi connectivity index (χ1n) is 18.8. The standard InChI is InChI=1S/C41H50N4O5S/c1-26(2)51(48,49)42-39(46)29-15-17-32-35(21-29)45-25-41(40(47)44-20-19-43(3)24-36(44)27-11-7-5-8-12-27)23-34(41)33-22-30(50-4)16-18-31(33)38(45)37(32)28-13-9-6-10-14-28/h5,7-8,11,15-18,21-22,26-28,34,36H,6,9-10,12-14,19-20,23-25H2,1-4H3,(H,42,46)/t27?,34?,36-,41?/m0/s1. The first-order valence-corrected chi connectivity index (χ1v) is 20.3. The van der Waals surface area contributed by atoms with Crippen molar-refractivity contribution in [2.75, 3.05) is 33.8 Å². The molecule has 2 amide bonds. The zero-order valence-electron chi connectivity index (χ0n) is 30.2. The molecule has 3 fully saturated rings. The van der Waals surface area contributed by atoms with Crippen LogP contribution in [0, 0.1) is 11.3 Å². The second-order valence-corrected chi connectivity index (χ2v) is 18.1. The number of hydrogen-bond donors (Lipinski definition) is 1. The molecule has 51 heavy (non-hydrogen) atoms. The fourth-order valence-corrected chi connectivity index (χ4v) is 10.1. The maximum atomic E-state index is 15.3. The third kappa shape index (κ3) is 5.82. The number of sulfonamides is 1. The van der Waals surface area contributed by atoms with E-state index in [1.165, 1.54) is 24.8 Å². The Labute approximate surface area is 301 Å². The first-order chi connectivity index (χ1) is 24.5. The van der Waals surface area contributed by atoms with Gasteiger partial charge >= 0.3 is 0 Å². The molecule has 1 aromatic heterocycles. The molecule has 0 spiro atoms. The largest absolute Gasteiger partial charge is 0.497 e. The number of piperazine rings is 1. The molecule has 3 aromatic rings. The zero-order chi connectivity index (χ0) is 35.7. The molecule has 9 nitrogen and oxygen atoms in total. The van der Waals surface area contributed by atoms with Gasteiger partial charge in [0.2, 0.25) is 15.9 Å². The lowest BCUT2D eigenvalue weighted by Gasteiger charge is -2.45. The molecule has 1 saturated heterocycles. The van der Waals surface area contributed by atoms with Gasteiger partial charge in [-0.1, -0.05) is 49.6 Å². The van der Waals surface area contributed by atoms with Gasteiger partial charge in [-0.3, -0.25) is 9.59 Å². The minimum atomic E-state index is -3.82. The number of nitrogens with zero attached hydrogens (tertiary/aromatic N) is 3. The highest BCUT2D eigenvalue weighted by atomic mass is 32.2. The Hall–Kier alpha value is -3.89. The van der Waals surface area contributed by atoms with Gasteiger partial charge < -0.3 is 19.1 Å². The van der Waals surface area contributed by atoms with E-state index in [-0.39, 0.29) is 23.8 Å². The molecule has 0 radical (unpaired) electrons. The Morgan fingerprint density at radius 1 is 1.02 bits per heavy atom. The summed E-state index contributed by atoms with van der Waals surface area (Å²) in [5, 5.41) is 0.345. The lowest BCUT2D eigenvalue weighted by atomic mass is 9.81. The van der Waals surface area contributed by atoms with Crippen LogP contribution >= 0.6 is 0 Å². The maximum absolute atomic E-state index is 15.3. The smallest absolute Gasteiger partial charge is 0.264 e. The molecule has 8 rings (SSSR count). The van der Waals surface area contributed by atoms with E-state index in [1.54, 1.807) is 27.0 Å². The number of hydrogen-bond acceptors (Lipinski definition) is 6. The highest BCUT2D eigenvalue weighted by Gasteiger charge is 2.64. The van der Waals surface area contributed by atoms with Crippen molar-refractivity contribution in [2.24, 2.45) is 11.3 Å². The summed E-state index contributed by atoms with van der Waals surface area (Å²) >= 11 is 0. The van der Waals surface area contributed by atoms with E-state index in [4.69, 9.17) is 4.74 Å². The van der Waals surface area contributed by atoms with E-state index in [9.17, 15) is 13.2 Å². The lowest BCUT2D eigenvalue weighted by molar-refractivity contribution is -0.143. The fraction of sp³-hybridized carbons (Fsp3) is 0.512. The van der Waals surface area contributed by atoms with Crippen molar-refractivity contribution in [3.63, 3.8) is 0 Å². The second-order valence-electron chi connectivity index (χ2n) is 15.8. The molecule has 5 aliphatic rings. The molecule has 2 aliphatic heterocycles. The molecule has 4 atom stereocenters. The van der Waals surface area contributed by atoms with Crippen LogP contribution in [0.1, 0.15) is 92.1 Å². The predicted octanol–water partition coefficient (Wildman–Crippen LogP) is 6.59. The number of allylic oxidation sites excluding steroid dienone is 3. The number of benzene rings is 2. The monoisotopic (exact) mass is 710 g/mol. The number of methoxy groups -OCH3 is 1. The van der Waals surface area contributed by atoms with Crippen LogP contribution in [0.3, 0.4) is 0 Å². The molecular formula is C41H50N4O5S. The van der Waals surface area contributed by atoms with Crippen LogP contribution in [0.5, 0.6) is 5.75 Å². The van der Waals surface area contributed by atoms with Crippen molar-refractivity contribution in [1.29, 1.82) is 0 Å². The van der Waals surface area contributed by atoms with Crippen LogP contribution < -0.4 is 9.46 Å². The second kappa shape index (κ2) is 13.0. The molecule has 1 N–H and O–H groups in total. The Balaban J connectivity index is 1.30. The van der Waals surface area contributed by atoms with Crippen LogP contribution in [0.15, 0.2) is 60.7 Å². The van der Waals surface area contributed by atoms with Crippen molar-refractivity contribution in [1.82, 2.24) is 19.1 Å². The Bertz CT molecular complexity index is 2060. The van der Waals surface area contributed by atoms with Gasteiger partial charge in [-0.25, -0.2) is 13.1 Å². The number of fused-ring (bicyclic) bond motifs is 7. The lowest BCUT2D eigenvalue weighted by Crippen LogP contribution is -2.58. The van der Waals surface area contributed by atoms with Crippen LogP contribution in [0.25, 0.3) is 22.2 Å². The number of nitrogens with one attached hydrogen (secondary N) is 1. The number of amides is 2. The molecule has 0 bridgehead atoms. The highest BCUT2D eigenvalue weighted by Crippen LogP contribution is 2.66. The number of rotatable bonds is 7. The molecule has 3 heterocycles. The summed E-state index contributed by atoms with van der Waals surface area (Å²) in [7, 11) is 0.0276. The summed E-state index contributed by atoms with van der Waals surface area (Å²) in [5.74, 6) is 1.01. The van der Waals surface area contributed by atoms with E-state index in [0.717, 1.165) is 72.2 Å². The SMILES string of the molecule is COc1ccc2c(c1)C1CC1(C(=O)N1CCN(C)C[C@H]1C1C=CC=CC1)Cn1c-2c(C2CCCCC2)c2ccc(C(=O)NS(=O)(=O)C(C)C)cc21. The number of ether oxygens (including phenoxy) is 1. The van der Waals surface area contributed by atoms with Gasteiger partial charge in [0.15, 0.2) is 0 Å². The third-order valence-corrected chi connectivity index (χ3v) is 14.2. The third-order valence-electron chi connectivity index (χ3n) is 12.5. The van der Waals surface area contributed by atoms with Gasteiger partial charge in [-0.15, -0.1) is 0 Å². The van der Waals surface area contributed by atoms with Crippen LogP contribution in [0.4, 0.5) is 0 Å². The average molecular weight is 711 g/mol. The average Bonchev–Trinajstić information content (AvgIpc) is 3.81. The Morgan fingerprint density at radius 3 is 2.55 bits per heavy atom. The van der Waals surface area contributed by atoms with E-state index < -0.39 is 26.6 Å². The molecule has 10 heteroatoms. The van der Waals surface area contributed by atoms with Gasteiger partial charge in [0, 0.05) is 60.0 Å². The number of likely N-dealkylation sites (N-methyl/N-ethyl adjacent to an activating group) is 1. The van der Waals surface area contributed by atoms with Crippen LogP contribution in [0.2, 0.25) is 0 Å². The summed E-state index contributed by atoms with van der Waals surface area (Å²) in [5.41, 5.74) is 5.25. The molecule has 2 saturated carbocycles. The number of aromatic nitrogens is 1. The number of carbonyl (C=O) groups excluding carboxylic acids is 2. The quantitative estimate of drug-likeness (QED) is 0.297. The van der Waals surface area contributed by atoms with E-state index in [2.05, 4.69) is 62.6 Å². The maximum Gasteiger partial charge on any atom is 0.264 e. The summed E-state index contributed by atoms with van der Waals surface area (Å²) in [4.78, 5) is 33.4. The molecule has 270 valence electrons. The normalized spacial score (nSPS) is 26.4. The Morgan fingerprint density at radius 2 is 1.82 bits per heavy atom. The van der Waals surface area contributed by atoms with Crippen molar-refractivity contribution in [3.8, 4) is 17.0 Å². The van der Waals surface area contributed by atoms with E-state index in [1.807, 2.05) is 18.2 Å². The minimum absolute atomic E-state index is 0.0361. The first kappa shape index (κ1) is 34.2. The minimum Gasteiger partial charge on any atom is -0.497 e.